The first-order valence-corrected chi connectivity index (χ1v) is 5.75. The van der Waals surface area contributed by atoms with E-state index in [1.165, 1.54) is 20.3 Å². The van der Waals surface area contributed by atoms with E-state index in [9.17, 15) is 9.59 Å². The zero-order chi connectivity index (χ0) is 13.3. The molecule has 3 nitrogen and oxygen atoms in total. The maximum atomic E-state index is 11.2. The average Bonchev–Trinajstić information content (AvgIpc) is 2.27. The van der Waals surface area contributed by atoms with E-state index in [2.05, 4.69) is 13.8 Å². The quantitative estimate of drug-likeness (QED) is 0.597. The lowest BCUT2D eigenvalue weighted by Crippen LogP contribution is -2.04. The van der Waals surface area contributed by atoms with Crippen molar-refractivity contribution >= 4 is 11.8 Å². The van der Waals surface area contributed by atoms with Crippen LogP contribution < -0.4 is 0 Å². The number of hydrogen-bond donors (Lipinski definition) is 0. The molecule has 0 radical (unpaired) electrons. The number of Topliss-reactive ketones (excluding diaryl/α,β-unsaturated/α-hetero) is 1. The number of ether oxygens (including phenoxy) is 1. The molecule has 0 unspecified atom stereocenters. The topological polar surface area (TPSA) is 43.4 Å². The number of rotatable bonds is 3. The second-order valence-corrected chi connectivity index (χ2v) is 3.70. The van der Waals surface area contributed by atoms with Crippen LogP contribution in [0.4, 0.5) is 0 Å². The number of carbonyl (C=O) groups excluding carboxylic acids is 2. The van der Waals surface area contributed by atoms with Crippen LogP contribution in [-0.2, 0) is 16.1 Å². The summed E-state index contributed by atoms with van der Waals surface area (Å²) in [5, 5.41) is 0. The number of hydrogen-bond acceptors (Lipinski definition) is 3. The molecule has 0 aliphatic rings. The second-order valence-electron chi connectivity index (χ2n) is 3.70. The molecule has 0 bridgehead atoms. The third-order valence-corrected chi connectivity index (χ3v) is 1.83. The highest BCUT2D eigenvalue weighted by Gasteiger charge is 2.06. The Bertz CT molecular complexity index is 369. The number of ketones is 1. The highest BCUT2D eigenvalue weighted by molar-refractivity contribution is 5.95. The molecule has 3 heteroatoms. The molecule has 0 aromatic heterocycles. The van der Waals surface area contributed by atoms with E-state index in [-0.39, 0.29) is 18.4 Å². The van der Waals surface area contributed by atoms with Crippen LogP contribution >= 0.6 is 0 Å². The van der Waals surface area contributed by atoms with Crippen LogP contribution in [0, 0.1) is 0 Å². The van der Waals surface area contributed by atoms with Gasteiger partial charge in [0.05, 0.1) is 0 Å². The van der Waals surface area contributed by atoms with E-state index in [0.717, 1.165) is 5.56 Å². The molecule has 0 spiro atoms. The summed E-state index contributed by atoms with van der Waals surface area (Å²) in [6, 6.07) is 7.10. The van der Waals surface area contributed by atoms with Gasteiger partial charge in [0.2, 0.25) is 0 Å². The van der Waals surface area contributed by atoms with Crippen molar-refractivity contribution in [1.29, 1.82) is 0 Å². The lowest BCUT2D eigenvalue weighted by atomic mass is 10.1. The van der Waals surface area contributed by atoms with Crippen LogP contribution in [0.5, 0.6) is 0 Å². The molecular formula is C14H20O3. The molecule has 0 heterocycles. The molecule has 0 aliphatic heterocycles. The smallest absolute Gasteiger partial charge is 0.302 e. The molecule has 0 fully saturated rings. The minimum Gasteiger partial charge on any atom is -0.461 e. The minimum absolute atomic E-state index is 0.0206. The number of esters is 1. The van der Waals surface area contributed by atoms with Crippen LogP contribution in [0.2, 0.25) is 0 Å². The summed E-state index contributed by atoms with van der Waals surface area (Å²) in [6.45, 7) is 7.24. The van der Waals surface area contributed by atoms with Gasteiger partial charge >= 0.3 is 5.97 Å². The Morgan fingerprint density at radius 1 is 1.12 bits per heavy atom. The van der Waals surface area contributed by atoms with Crippen LogP contribution in [0.1, 0.15) is 50.0 Å². The Morgan fingerprint density at radius 2 is 1.65 bits per heavy atom. The van der Waals surface area contributed by atoms with Crippen molar-refractivity contribution in [1.82, 2.24) is 0 Å². The second kappa shape index (κ2) is 8.50. The highest BCUT2D eigenvalue weighted by atomic mass is 16.5. The fourth-order valence-electron chi connectivity index (χ4n) is 1.17. The van der Waals surface area contributed by atoms with E-state index in [1.807, 2.05) is 6.07 Å². The normalized spacial score (nSPS) is 8.94. The summed E-state index contributed by atoms with van der Waals surface area (Å²) >= 11 is 0. The summed E-state index contributed by atoms with van der Waals surface area (Å²) < 4.78 is 4.83. The van der Waals surface area contributed by atoms with Gasteiger partial charge in [-0.25, -0.2) is 0 Å². The SMILES string of the molecule is CC(=O)OCc1ccccc1C(C)=O.CCC. The van der Waals surface area contributed by atoms with Crippen molar-refractivity contribution in [3.63, 3.8) is 0 Å². The van der Waals surface area contributed by atoms with Gasteiger partial charge in [-0.15, -0.1) is 0 Å². The predicted molar refractivity (Wildman–Crippen MR) is 67.9 cm³/mol. The monoisotopic (exact) mass is 236 g/mol. The van der Waals surface area contributed by atoms with Crippen molar-refractivity contribution in [2.45, 2.75) is 40.7 Å². The third kappa shape index (κ3) is 6.51. The average molecular weight is 236 g/mol. The van der Waals surface area contributed by atoms with E-state index in [4.69, 9.17) is 4.74 Å². The Labute approximate surface area is 103 Å². The number of carbonyl (C=O) groups is 2. The molecule has 1 aromatic carbocycles. The summed E-state index contributed by atoms with van der Waals surface area (Å²) in [5.41, 5.74) is 1.35. The van der Waals surface area contributed by atoms with E-state index < -0.39 is 0 Å². The van der Waals surface area contributed by atoms with Gasteiger partial charge in [-0.1, -0.05) is 44.5 Å². The molecule has 17 heavy (non-hydrogen) atoms. The fraction of sp³-hybridized carbons (Fsp3) is 0.429. The first-order valence-electron chi connectivity index (χ1n) is 5.75. The lowest BCUT2D eigenvalue weighted by molar-refractivity contribution is -0.142. The van der Waals surface area contributed by atoms with Crippen molar-refractivity contribution < 1.29 is 14.3 Å². The number of benzene rings is 1. The Balaban J connectivity index is 0.000000770. The van der Waals surface area contributed by atoms with Gasteiger partial charge in [0.15, 0.2) is 5.78 Å². The van der Waals surface area contributed by atoms with Crippen LogP contribution in [-0.4, -0.2) is 11.8 Å². The van der Waals surface area contributed by atoms with Crippen LogP contribution in [0.3, 0.4) is 0 Å². The molecular weight excluding hydrogens is 216 g/mol. The third-order valence-electron chi connectivity index (χ3n) is 1.83. The van der Waals surface area contributed by atoms with Gasteiger partial charge in [-0.3, -0.25) is 9.59 Å². The maximum absolute atomic E-state index is 11.2. The Kier molecular flexibility index (Phi) is 7.68. The Hall–Kier alpha value is -1.64. The van der Waals surface area contributed by atoms with Gasteiger partial charge in [0.1, 0.15) is 6.61 Å². The van der Waals surface area contributed by atoms with Gasteiger partial charge in [-0.05, 0) is 6.92 Å². The molecule has 0 N–H and O–H groups in total. The standard InChI is InChI=1S/C11H12O3.C3H8/c1-8(12)11-6-4-3-5-10(11)7-14-9(2)13;1-3-2/h3-6H,7H2,1-2H3;3H2,1-2H3. The van der Waals surface area contributed by atoms with E-state index in [0.29, 0.717) is 5.56 Å². The first kappa shape index (κ1) is 15.4. The lowest BCUT2D eigenvalue weighted by Gasteiger charge is -2.06. The van der Waals surface area contributed by atoms with E-state index >= 15 is 0 Å². The van der Waals surface area contributed by atoms with Crippen molar-refractivity contribution in [2.75, 3.05) is 0 Å². The van der Waals surface area contributed by atoms with Crippen molar-refractivity contribution in [2.24, 2.45) is 0 Å². The summed E-state index contributed by atoms with van der Waals surface area (Å²) in [4.78, 5) is 21.8. The van der Waals surface area contributed by atoms with Gasteiger partial charge in [0.25, 0.3) is 0 Å². The summed E-state index contributed by atoms with van der Waals surface area (Å²) in [5.74, 6) is -0.365. The van der Waals surface area contributed by atoms with Crippen molar-refractivity contribution in [3.8, 4) is 0 Å². The molecule has 94 valence electrons. The molecule has 0 atom stereocenters. The van der Waals surface area contributed by atoms with Gasteiger partial charge < -0.3 is 4.74 Å². The molecule has 0 aliphatic carbocycles. The molecule has 0 saturated heterocycles. The van der Waals surface area contributed by atoms with Gasteiger partial charge in [-0.2, -0.15) is 0 Å². The van der Waals surface area contributed by atoms with Crippen LogP contribution in [0.15, 0.2) is 24.3 Å². The Morgan fingerprint density at radius 3 is 2.12 bits per heavy atom. The molecule has 1 rings (SSSR count). The fourth-order valence-corrected chi connectivity index (χ4v) is 1.17. The van der Waals surface area contributed by atoms with Crippen molar-refractivity contribution in [3.05, 3.63) is 35.4 Å². The first-order chi connectivity index (χ1) is 8.02. The summed E-state index contributed by atoms with van der Waals surface area (Å²) in [7, 11) is 0. The van der Waals surface area contributed by atoms with E-state index in [1.54, 1.807) is 18.2 Å². The largest absolute Gasteiger partial charge is 0.461 e. The minimum atomic E-state index is -0.344. The summed E-state index contributed by atoms with van der Waals surface area (Å²) in [6.07, 6.45) is 1.25. The predicted octanol–water partition coefficient (Wildman–Crippen LogP) is 3.37. The highest BCUT2D eigenvalue weighted by Crippen LogP contribution is 2.10. The zero-order valence-electron chi connectivity index (χ0n) is 10.9. The van der Waals surface area contributed by atoms with Gasteiger partial charge in [0, 0.05) is 18.1 Å². The molecule has 0 saturated carbocycles. The molecule has 1 aromatic rings. The maximum Gasteiger partial charge on any atom is 0.302 e. The zero-order valence-corrected chi connectivity index (χ0v) is 10.9. The van der Waals surface area contributed by atoms with Crippen LogP contribution in [0.25, 0.3) is 0 Å². The molecule has 0 amide bonds.